The molecule has 1 aliphatic carbocycles. The van der Waals surface area contributed by atoms with E-state index in [0.29, 0.717) is 0 Å². The second kappa shape index (κ2) is 5.57. The first-order valence-corrected chi connectivity index (χ1v) is 7.18. The van der Waals surface area contributed by atoms with E-state index in [9.17, 15) is 0 Å². The minimum absolute atomic E-state index is 0.874. The molecule has 0 aliphatic heterocycles. The number of hydrogen-bond donors (Lipinski definition) is 1. The Morgan fingerprint density at radius 1 is 1.21 bits per heavy atom. The third-order valence-corrected chi connectivity index (χ3v) is 3.77. The Bertz CT molecular complexity index is 557. The third-order valence-electron chi connectivity index (χ3n) is 3.77. The van der Waals surface area contributed by atoms with Crippen molar-refractivity contribution < 1.29 is 0 Å². The highest BCUT2D eigenvalue weighted by Crippen LogP contribution is 2.23. The maximum absolute atomic E-state index is 4.43. The second-order valence-electron chi connectivity index (χ2n) is 5.28. The van der Waals surface area contributed by atoms with Crippen LogP contribution >= 0.6 is 0 Å². The largest absolute Gasteiger partial charge is 0.313 e. The molecule has 3 rings (SSSR count). The Labute approximate surface area is 114 Å². The van der Waals surface area contributed by atoms with Crippen molar-refractivity contribution in [3.05, 3.63) is 52.8 Å². The summed E-state index contributed by atoms with van der Waals surface area (Å²) in [6, 6.07) is 6.89. The predicted octanol–water partition coefficient (Wildman–Crippen LogP) is 2.53. The van der Waals surface area contributed by atoms with E-state index >= 15 is 0 Å². The number of aryl methyl sites for hydroxylation is 2. The molecule has 3 heteroatoms. The molecular weight excluding hydrogens is 234 g/mol. The molecule has 100 valence electrons. The molecule has 0 unspecified atom stereocenters. The van der Waals surface area contributed by atoms with Gasteiger partial charge in [0.15, 0.2) is 0 Å². The van der Waals surface area contributed by atoms with E-state index in [0.717, 1.165) is 19.6 Å². The van der Waals surface area contributed by atoms with E-state index in [-0.39, 0.29) is 0 Å². The number of benzene rings is 1. The summed E-state index contributed by atoms with van der Waals surface area (Å²) in [5.74, 6) is 0. The molecule has 0 amide bonds. The fourth-order valence-electron chi connectivity index (χ4n) is 2.76. The molecule has 1 aromatic heterocycles. The van der Waals surface area contributed by atoms with Crippen LogP contribution in [-0.4, -0.2) is 16.3 Å². The standard InChI is InChI=1S/C16H21N3/c1-2-17-9-14-10-18-19(12-14)11-13-6-7-15-4-3-5-16(15)8-13/h6-8,10,12,17H,2-5,9,11H2,1H3. The number of fused-ring (bicyclic) bond motifs is 1. The van der Waals surface area contributed by atoms with Gasteiger partial charge in [0.05, 0.1) is 12.7 Å². The van der Waals surface area contributed by atoms with Crippen molar-refractivity contribution in [3.63, 3.8) is 0 Å². The van der Waals surface area contributed by atoms with Gasteiger partial charge in [-0.05, 0) is 42.5 Å². The van der Waals surface area contributed by atoms with Gasteiger partial charge in [-0.3, -0.25) is 4.68 Å². The molecule has 0 bridgehead atoms. The molecule has 0 saturated heterocycles. The average molecular weight is 255 g/mol. The first-order chi connectivity index (χ1) is 9.35. The van der Waals surface area contributed by atoms with Crippen LogP contribution in [0.15, 0.2) is 30.6 Å². The van der Waals surface area contributed by atoms with Gasteiger partial charge >= 0.3 is 0 Å². The zero-order valence-electron chi connectivity index (χ0n) is 11.5. The van der Waals surface area contributed by atoms with Gasteiger partial charge in [0.25, 0.3) is 0 Å². The molecule has 0 saturated carbocycles. The van der Waals surface area contributed by atoms with Crippen LogP contribution in [0, 0.1) is 0 Å². The number of rotatable bonds is 5. The van der Waals surface area contributed by atoms with Crippen molar-refractivity contribution in [1.82, 2.24) is 15.1 Å². The van der Waals surface area contributed by atoms with Gasteiger partial charge in [-0.2, -0.15) is 5.10 Å². The molecule has 2 aromatic rings. The molecule has 3 nitrogen and oxygen atoms in total. The Hall–Kier alpha value is -1.61. The highest BCUT2D eigenvalue weighted by Gasteiger charge is 2.10. The number of hydrogen-bond acceptors (Lipinski definition) is 2. The van der Waals surface area contributed by atoms with E-state index in [4.69, 9.17) is 0 Å². The molecular formula is C16H21N3. The summed E-state index contributed by atoms with van der Waals surface area (Å²) < 4.78 is 2.03. The van der Waals surface area contributed by atoms with Gasteiger partial charge in [-0.15, -0.1) is 0 Å². The van der Waals surface area contributed by atoms with Gasteiger partial charge in [0.1, 0.15) is 0 Å². The second-order valence-corrected chi connectivity index (χ2v) is 5.28. The molecule has 0 atom stereocenters. The summed E-state index contributed by atoms with van der Waals surface area (Å²) in [7, 11) is 0. The van der Waals surface area contributed by atoms with Gasteiger partial charge in [-0.25, -0.2) is 0 Å². The molecule has 0 spiro atoms. The zero-order chi connectivity index (χ0) is 13.1. The number of aromatic nitrogens is 2. The van der Waals surface area contributed by atoms with E-state index in [1.807, 2.05) is 10.9 Å². The Kier molecular flexibility index (Phi) is 3.65. The Balaban J connectivity index is 1.69. The topological polar surface area (TPSA) is 29.9 Å². The van der Waals surface area contributed by atoms with E-state index in [2.05, 4.69) is 41.7 Å². The van der Waals surface area contributed by atoms with E-state index < -0.39 is 0 Å². The van der Waals surface area contributed by atoms with Crippen LogP contribution in [0.5, 0.6) is 0 Å². The van der Waals surface area contributed by atoms with Crippen LogP contribution in [0.4, 0.5) is 0 Å². The lowest BCUT2D eigenvalue weighted by molar-refractivity contribution is 0.682. The average Bonchev–Trinajstić information content (AvgIpc) is 3.05. The minimum Gasteiger partial charge on any atom is -0.313 e. The lowest BCUT2D eigenvalue weighted by Crippen LogP contribution is -2.11. The van der Waals surface area contributed by atoms with Crippen LogP contribution in [0.3, 0.4) is 0 Å². The molecule has 1 N–H and O–H groups in total. The lowest BCUT2D eigenvalue weighted by atomic mass is 10.1. The maximum Gasteiger partial charge on any atom is 0.0659 e. The van der Waals surface area contributed by atoms with Crippen molar-refractivity contribution in [3.8, 4) is 0 Å². The van der Waals surface area contributed by atoms with Crippen molar-refractivity contribution in [2.24, 2.45) is 0 Å². The summed E-state index contributed by atoms with van der Waals surface area (Å²) in [6.07, 6.45) is 7.90. The molecule has 1 aromatic carbocycles. The van der Waals surface area contributed by atoms with Crippen molar-refractivity contribution in [1.29, 1.82) is 0 Å². The van der Waals surface area contributed by atoms with Gasteiger partial charge in [0, 0.05) is 18.3 Å². The highest BCUT2D eigenvalue weighted by atomic mass is 15.3. The van der Waals surface area contributed by atoms with E-state index in [1.165, 1.54) is 41.5 Å². The summed E-state index contributed by atoms with van der Waals surface area (Å²) in [5.41, 5.74) is 5.69. The van der Waals surface area contributed by atoms with Gasteiger partial charge in [-0.1, -0.05) is 25.1 Å². The van der Waals surface area contributed by atoms with E-state index in [1.54, 1.807) is 0 Å². The first kappa shape index (κ1) is 12.4. The van der Waals surface area contributed by atoms with Crippen LogP contribution in [0.2, 0.25) is 0 Å². The molecule has 1 heterocycles. The Morgan fingerprint density at radius 2 is 2.11 bits per heavy atom. The molecule has 0 radical (unpaired) electrons. The van der Waals surface area contributed by atoms with Crippen molar-refractivity contribution in [2.45, 2.75) is 39.3 Å². The highest BCUT2D eigenvalue weighted by molar-refractivity contribution is 5.35. The molecule has 19 heavy (non-hydrogen) atoms. The van der Waals surface area contributed by atoms with Gasteiger partial charge < -0.3 is 5.32 Å². The van der Waals surface area contributed by atoms with Crippen molar-refractivity contribution in [2.75, 3.05) is 6.54 Å². The maximum atomic E-state index is 4.43. The fraction of sp³-hybridized carbons (Fsp3) is 0.438. The number of nitrogens with zero attached hydrogens (tertiary/aromatic N) is 2. The predicted molar refractivity (Wildman–Crippen MR) is 77.2 cm³/mol. The summed E-state index contributed by atoms with van der Waals surface area (Å²) in [5, 5.41) is 7.76. The Morgan fingerprint density at radius 3 is 3.00 bits per heavy atom. The number of nitrogens with one attached hydrogen (secondary N) is 1. The van der Waals surface area contributed by atoms with Crippen LogP contribution in [0.25, 0.3) is 0 Å². The minimum atomic E-state index is 0.874. The smallest absolute Gasteiger partial charge is 0.0659 e. The van der Waals surface area contributed by atoms with Crippen molar-refractivity contribution >= 4 is 0 Å². The van der Waals surface area contributed by atoms with Crippen LogP contribution in [0.1, 0.15) is 35.6 Å². The molecule has 1 aliphatic rings. The summed E-state index contributed by atoms with van der Waals surface area (Å²) in [6.45, 7) is 4.89. The fourth-order valence-corrected chi connectivity index (χ4v) is 2.76. The third kappa shape index (κ3) is 2.87. The molecule has 0 fully saturated rings. The zero-order valence-corrected chi connectivity index (χ0v) is 11.5. The summed E-state index contributed by atoms with van der Waals surface area (Å²) >= 11 is 0. The SMILES string of the molecule is CCNCc1cnn(Cc2ccc3c(c2)CCC3)c1. The monoisotopic (exact) mass is 255 g/mol. The quantitative estimate of drug-likeness (QED) is 0.889. The van der Waals surface area contributed by atoms with Crippen LogP contribution in [-0.2, 0) is 25.9 Å². The first-order valence-electron chi connectivity index (χ1n) is 7.18. The van der Waals surface area contributed by atoms with Crippen LogP contribution < -0.4 is 5.32 Å². The van der Waals surface area contributed by atoms with Gasteiger partial charge in [0.2, 0.25) is 0 Å². The lowest BCUT2D eigenvalue weighted by Gasteiger charge is -2.05. The summed E-state index contributed by atoms with van der Waals surface area (Å²) in [4.78, 5) is 0. The normalized spacial score (nSPS) is 13.7.